The van der Waals surface area contributed by atoms with E-state index in [9.17, 15) is 0 Å². The van der Waals surface area contributed by atoms with Crippen LogP contribution in [-0.2, 0) is 13.5 Å². The Morgan fingerprint density at radius 2 is 2.17 bits per heavy atom. The molecule has 0 aliphatic carbocycles. The molecule has 1 aromatic carbocycles. The summed E-state index contributed by atoms with van der Waals surface area (Å²) in [5, 5.41) is 7.83. The summed E-state index contributed by atoms with van der Waals surface area (Å²) in [5.41, 5.74) is 3.84. The van der Waals surface area contributed by atoms with Crippen molar-refractivity contribution in [2.75, 3.05) is 39.1 Å². The molecule has 6 nitrogen and oxygen atoms in total. The second-order valence-electron chi connectivity index (χ2n) is 6.39. The number of fused-ring (bicyclic) bond motifs is 1. The standard InChI is InChI=1S/C18H26N6/c1-19-18(24-10-9-14-7-5-6-8-16(14)24)20-12-17(22(2)3)15-11-21-23(4)13-15/h5-8,11,13,17H,9-10,12H2,1-4H3,(H,19,20). The first kappa shape index (κ1) is 16.5. The highest BCUT2D eigenvalue weighted by Crippen LogP contribution is 2.27. The van der Waals surface area contributed by atoms with E-state index < -0.39 is 0 Å². The average Bonchev–Trinajstić information content (AvgIpc) is 3.18. The van der Waals surface area contributed by atoms with Gasteiger partial charge in [-0.1, -0.05) is 18.2 Å². The Labute approximate surface area is 143 Å². The van der Waals surface area contributed by atoms with Gasteiger partial charge in [0.15, 0.2) is 5.96 Å². The first-order chi connectivity index (χ1) is 11.6. The summed E-state index contributed by atoms with van der Waals surface area (Å²) >= 11 is 0. The molecule has 1 atom stereocenters. The molecule has 0 saturated carbocycles. The molecule has 0 radical (unpaired) electrons. The summed E-state index contributed by atoms with van der Waals surface area (Å²) in [5.74, 6) is 0.927. The molecule has 128 valence electrons. The van der Waals surface area contributed by atoms with Crippen LogP contribution in [0.4, 0.5) is 5.69 Å². The third kappa shape index (κ3) is 3.28. The lowest BCUT2D eigenvalue weighted by Crippen LogP contribution is -2.43. The number of aromatic nitrogens is 2. The van der Waals surface area contributed by atoms with E-state index in [0.29, 0.717) is 0 Å². The van der Waals surface area contributed by atoms with Crippen molar-refractivity contribution in [1.29, 1.82) is 0 Å². The lowest BCUT2D eigenvalue weighted by molar-refractivity contribution is 0.298. The van der Waals surface area contributed by atoms with Crippen LogP contribution in [-0.4, -0.2) is 54.9 Å². The number of anilines is 1. The van der Waals surface area contributed by atoms with E-state index in [4.69, 9.17) is 0 Å². The van der Waals surface area contributed by atoms with Crippen molar-refractivity contribution in [1.82, 2.24) is 20.0 Å². The minimum absolute atomic E-state index is 0.244. The quantitative estimate of drug-likeness (QED) is 0.686. The first-order valence-electron chi connectivity index (χ1n) is 8.31. The highest BCUT2D eigenvalue weighted by molar-refractivity contribution is 5.97. The van der Waals surface area contributed by atoms with Gasteiger partial charge in [-0.25, -0.2) is 0 Å². The van der Waals surface area contributed by atoms with Crippen molar-refractivity contribution in [3.8, 4) is 0 Å². The number of aliphatic imine (C=N–C) groups is 1. The zero-order valence-corrected chi connectivity index (χ0v) is 14.9. The Balaban J connectivity index is 1.72. The summed E-state index contributed by atoms with van der Waals surface area (Å²) in [7, 11) is 7.97. The lowest BCUT2D eigenvalue weighted by Gasteiger charge is -2.27. The number of aryl methyl sites for hydroxylation is 1. The smallest absolute Gasteiger partial charge is 0.198 e. The molecule has 0 saturated heterocycles. The molecule has 1 aromatic heterocycles. The van der Waals surface area contributed by atoms with E-state index in [0.717, 1.165) is 25.5 Å². The molecule has 24 heavy (non-hydrogen) atoms. The summed E-state index contributed by atoms with van der Waals surface area (Å²) in [6.07, 6.45) is 5.07. The second kappa shape index (κ2) is 7.05. The Bertz CT molecular complexity index is 718. The molecule has 2 aromatic rings. The minimum Gasteiger partial charge on any atom is -0.354 e. The molecule has 0 fully saturated rings. The SMILES string of the molecule is CN=C(NCC(c1cnn(C)c1)N(C)C)N1CCc2ccccc21. The Morgan fingerprint density at radius 1 is 1.38 bits per heavy atom. The number of rotatable bonds is 4. The zero-order valence-electron chi connectivity index (χ0n) is 14.9. The van der Waals surface area contributed by atoms with Gasteiger partial charge >= 0.3 is 0 Å². The third-order valence-corrected chi connectivity index (χ3v) is 4.54. The van der Waals surface area contributed by atoms with Gasteiger partial charge in [0.05, 0.1) is 12.2 Å². The summed E-state index contributed by atoms with van der Waals surface area (Å²) in [4.78, 5) is 8.96. The van der Waals surface area contributed by atoms with Crippen LogP contribution in [0.5, 0.6) is 0 Å². The summed E-state index contributed by atoms with van der Waals surface area (Å²) in [6.45, 7) is 1.75. The van der Waals surface area contributed by atoms with Crippen LogP contribution in [0, 0.1) is 0 Å². The average molecular weight is 326 g/mol. The fourth-order valence-electron chi connectivity index (χ4n) is 3.25. The Hall–Kier alpha value is -2.34. The second-order valence-corrected chi connectivity index (χ2v) is 6.39. The summed E-state index contributed by atoms with van der Waals surface area (Å²) < 4.78 is 1.84. The largest absolute Gasteiger partial charge is 0.354 e. The fourth-order valence-corrected chi connectivity index (χ4v) is 3.25. The number of nitrogens with one attached hydrogen (secondary N) is 1. The van der Waals surface area contributed by atoms with Crippen LogP contribution in [0.3, 0.4) is 0 Å². The van der Waals surface area contributed by atoms with E-state index in [1.165, 1.54) is 16.8 Å². The van der Waals surface area contributed by atoms with Gasteiger partial charge < -0.3 is 15.1 Å². The molecule has 1 aliphatic rings. The number of benzene rings is 1. The first-order valence-corrected chi connectivity index (χ1v) is 8.31. The predicted octanol–water partition coefficient (Wildman–Crippen LogP) is 1.66. The van der Waals surface area contributed by atoms with Crippen molar-refractivity contribution < 1.29 is 0 Å². The van der Waals surface area contributed by atoms with Crippen LogP contribution in [0.15, 0.2) is 41.7 Å². The van der Waals surface area contributed by atoms with Crippen molar-refractivity contribution in [2.24, 2.45) is 12.0 Å². The van der Waals surface area contributed by atoms with Gasteiger partial charge in [0, 0.05) is 44.6 Å². The third-order valence-electron chi connectivity index (χ3n) is 4.54. The van der Waals surface area contributed by atoms with Gasteiger partial charge in [-0.3, -0.25) is 9.67 Å². The van der Waals surface area contributed by atoms with Crippen molar-refractivity contribution in [2.45, 2.75) is 12.5 Å². The normalized spacial score (nSPS) is 15.7. The van der Waals surface area contributed by atoms with Crippen LogP contribution < -0.4 is 10.2 Å². The van der Waals surface area contributed by atoms with Gasteiger partial charge in [-0.05, 0) is 32.1 Å². The minimum atomic E-state index is 0.244. The number of hydrogen-bond acceptors (Lipinski definition) is 3. The number of para-hydroxylation sites is 1. The topological polar surface area (TPSA) is 48.7 Å². The molecule has 0 spiro atoms. The molecular formula is C18H26N6. The highest BCUT2D eigenvalue weighted by Gasteiger charge is 2.24. The van der Waals surface area contributed by atoms with Crippen LogP contribution >= 0.6 is 0 Å². The Morgan fingerprint density at radius 3 is 2.83 bits per heavy atom. The van der Waals surface area contributed by atoms with Crippen LogP contribution in [0.1, 0.15) is 17.2 Å². The van der Waals surface area contributed by atoms with Crippen LogP contribution in [0.25, 0.3) is 0 Å². The molecule has 2 heterocycles. The molecule has 6 heteroatoms. The van der Waals surface area contributed by atoms with Gasteiger partial charge in [-0.2, -0.15) is 5.10 Å². The van der Waals surface area contributed by atoms with Crippen molar-refractivity contribution in [3.63, 3.8) is 0 Å². The molecular weight excluding hydrogens is 300 g/mol. The van der Waals surface area contributed by atoms with E-state index in [2.05, 4.69) is 69.8 Å². The molecule has 1 unspecified atom stereocenters. The van der Waals surface area contributed by atoms with E-state index in [1.807, 2.05) is 25.0 Å². The Kier molecular flexibility index (Phi) is 4.85. The van der Waals surface area contributed by atoms with Gasteiger partial charge in [0.25, 0.3) is 0 Å². The van der Waals surface area contributed by atoms with Crippen molar-refractivity contribution >= 4 is 11.6 Å². The maximum atomic E-state index is 4.49. The maximum Gasteiger partial charge on any atom is 0.198 e. The highest BCUT2D eigenvalue weighted by atomic mass is 15.3. The number of guanidine groups is 1. The lowest BCUT2D eigenvalue weighted by atomic mass is 10.1. The van der Waals surface area contributed by atoms with Crippen LogP contribution in [0.2, 0.25) is 0 Å². The molecule has 0 amide bonds. The molecule has 1 aliphatic heterocycles. The van der Waals surface area contributed by atoms with Gasteiger partial charge in [0.2, 0.25) is 0 Å². The summed E-state index contributed by atoms with van der Waals surface area (Å²) in [6, 6.07) is 8.79. The predicted molar refractivity (Wildman–Crippen MR) is 98.5 cm³/mol. The number of hydrogen-bond donors (Lipinski definition) is 1. The molecule has 3 rings (SSSR count). The molecule has 1 N–H and O–H groups in total. The number of nitrogens with zero attached hydrogens (tertiary/aromatic N) is 5. The van der Waals surface area contributed by atoms with E-state index in [-0.39, 0.29) is 6.04 Å². The fraction of sp³-hybridized carbons (Fsp3) is 0.444. The van der Waals surface area contributed by atoms with Gasteiger partial charge in [0.1, 0.15) is 0 Å². The monoisotopic (exact) mass is 326 g/mol. The molecule has 0 bridgehead atoms. The van der Waals surface area contributed by atoms with Crippen molar-refractivity contribution in [3.05, 3.63) is 47.8 Å². The number of likely N-dealkylation sites (N-methyl/N-ethyl adjacent to an activating group) is 1. The maximum absolute atomic E-state index is 4.49. The zero-order chi connectivity index (χ0) is 17.1. The van der Waals surface area contributed by atoms with Gasteiger partial charge in [-0.15, -0.1) is 0 Å². The van der Waals surface area contributed by atoms with E-state index in [1.54, 1.807) is 0 Å². The van der Waals surface area contributed by atoms with E-state index >= 15 is 0 Å².